The van der Waals surface area contributed by atoms with E-state index in [9.17, 15) is 17.6 Å². The maximum absolute atomic E-state index is 13.2. The molecule has 23 heavy (non-hydrogen) atoms. The van der Waals surface area contributed by atoms with Gasteiger partial charge in [0.25, 0.3) is 0 Å². The number of sulfone groups is 1. The van der Waals surface area contributed by atoms with Gasteiger partial charge in [-0.25, -0.2) is 12.8 Å². The first-order valence-electron chi connectivity index (χ1n) is 6.86. The van der Waals surface area contributed by atoms with Gasteiger partial charge in [-0.2, -0.15) is 0 Å². The fourth-order valence-electron chi connectivity index (χ4n) is 1.94. The highest BCUT2D eigenvalue weighted by molar-refractivity contribution is 7.90. The average molecular weight is 336 g/mol. The van der Waals surface area contributed by atoms with E-state index in [4.69, 9.17) is 0 Å². The molecule has 0 spiro atoms. The second-order valence-electron chi connectivity index (χ2n) is 5.16. The minimum absolute atomic E-state index is 0.0663. The quantitative estimate of drug-likeness (QED) is 0.880. The molecule has 0 aliphatic heterocycles. The molecule has 2 aromatic carbocycles. The van der Waals surface area contributed by atoms with Gasteiger partial charge in [-0.15, -0.1) is 0 Å². The summed E-state index contributed by atoms with van der Waals surface area (Å²) in [7, 11) is -3.31. The largest absolute Gasteiger partial charge is 0.376 e. The third kappa shape index (κ3) is 4.79. The van der Waals surface area contributed by atoms with Crippen LogP contribution in [0.15, 0.2) is 47.4 Å². The molecule has 0 saturated heterocycles. The van der Waals surface area contributed by atoms with Crippen LogP contribution in [-0.4, -0.2) is 27.1 Å². The summed E-state index contributed by atoms with van der Waals surface area (Å²) in [5.41, 5.74) is 1.67. The molecule has 0 aliphatic carbocycles. The molecular formula is C16H17FN2O3S. The summed E-state index contributed by atoms with van der Waals surface area (Å²) in [5, 5.41) is 5.45. The first-order valence-corrected chi connectivity index (χ1v) is 8.75. The van der Waals surface area contributed by atoms with Crippen molar-refractivity contribution in [1.29, 1.82) is 0 Å². The molecule has 0 heterocycles. The first-order chi connectivity index (χ1) is 10.8. The average Bonchev–Trinajstić information content (AvgIpc) is 2.48. The fourth-order valence-corrected chi connectivity index (χ4v) is 2.61. The van der Waals surface area contributed by atoms with Crippen molar-refractivity contribution in [3.63, 3.8) is 0 Å². The molecule has 7 heteroatoms. The van der Waals surface area contributed by atoms with Gasteiger partial charge in [-0.3, -0.25) is 4.79 Å². The van der Waals surface area contributed by atoms with Crippen LogP contribution in [0.25, 0.3) is 0 Å². The van der Waals surface area contributed by atoms with Crippen LogP contribution in [0, 0.1) is 12.7 Å². The van der Waals surface area contributed by atoms with Crippen molar-refractivity contribution in [2.24, 2.45) is 0 Å². The Labute approximate surface area is 134 Å². The second-order valence-corrected chi connectivity index (χ2v) is 7.18. The van der Waals surface area contributed by atoms with Crippen molar-refractivity contribution in [1.82, 2.24) is 0 Å². The SMILES string of the molecule is Cc1ccc(F)cc1NC(=O)CNc1cccc(S(C)(=O)=O)c1. The van der Waals surface area contributed by atoms with E-state index in [0.29, 0.717) is 11.4 Å². The van der Waals surface area contributed by atoms with Gasteiger partial charge in [0.05, 0.1) is 11.4 Å². The monoisotopic (exact) mass is 336 g/mol. The molecule has 5 nitrogen and oxygen atoms in total. The lowest BCUT2D eigenvalue weighted by molar-refractivity contribution is -0.114. The smallest absolute Gasteiger partial charge is 0.243 e. The maximum atomic E-state index is 13.2. The third-order valence-electron chi connectivity index (χ3n) is 3.19. The van der Waals surface area contributed by atoms with Crippen LogP contribution >= 0.6 is 0 Å². The summed E-state index contributed by atoms with van der Waals surface area (Å²) in [6.07, 6.45) is 1.12. The number of carbonyl (C=O) groups excluding carboxylic acids is 1. The maximum Gasteiger partial charge on any atom is 0.243 e. The van der Waals surface area contributed by atoms with Crippen LogP contribution in [0.1, 0.15) is 5.56 Å². The van der Waals surface area contributed by atoms with E-state index in [1.165, 1.54) is 24.3 Å². The zero-order valence-corrected chi connectivity index (χ0v) is 13.6. The number of hydrogen-bond acceptors (Lipinski definition) is 4. The Morgan fingerprint density at radius 1 is 1.17 bits per heavy atom. The number of nitrogens with one attached hydrogen (secondary N) is 2. The Kier molecular flexibility index (Phi) is 5.00. The summed E-state index contributed by atoms with van der Waals surface area (Å²) < 4.78 is 36.2. The molecule has 0 unspecified atom stereocenters. The predicted octanol–water partition coefficient (Wildman–Crippen LogP) is 2.59. The Hall–Kier alpha value is -2.41. The number of amides is 1. The van der Waals surface area contributed by atoms with Gasteiger partial charge >= 0.3 is 0 Å². The lowest BCUT2D eigenvalue weighted by Crippen LogP contribution is -2.22. The zero-order chi connectivity index (χ0) is 17.0. The molecule has 0 bridgehead atoms. The van der Waals surface area contributed by atoms with E-state index in [1.54, 1.807) is 25.1 Å². The highest BCUT2D eigenvalue weighted by Gasteiger charge is 2.09. The van der Waals surface area contributed by atoms with Gasteiger partial charge in [-0.05, 0) is 42.8 Å². The van der Waals surface area contributed by atoms with Crippen molar-refractivity contribution >= 4 is 27.1 Å². The highest BCUT2D eigenvalue weighted by atomic mass is 32.2. The van der Waals surface area contributed by atoms with Gasteiger partial charge in [0.15, 0.2) is 9.84 Å². The summed E-state index contributed by atoms with van der Waals surface area (Å²) in [6, 6.07) is 10.3. The van der Waals surface area contributed by atoms with Crippen LogP contribution in [0.3, 0.4) is 0 Å². The summed E-state index contributed by atoms with van der Waals surface area (Å²) in [5.74, 6) is -0.789. The molecular weight excluding hydrogens is 319 g/mol. The number of aryl methyl sites for hydroxylation is 1. The van der Waals surface area contributed by atoms with Gasteiger partial charge in [-0.1, -0.05) is 12.1 Å². The molecule has 2 aromatic rings. The van der Waals surface area contributed by atoms with Gasteiger partial charge in [0, 0.05) is 17.6 Å². The molecule has 1 amide bonds. The van der Waals surface area contributed by atoms with E-state index in [2.05, 4.69) is 10.6 Å². The number of benzene rings is 2. The van der Waals surface area contributed by atoms with Crippen molar-refractivity contribution < 1.29 is 17.6 Å². The Morgan fingerprint density at radius 3 is 2.61 bits per heavy atom. The molecule has 2 rings (SSSR count). The standard InChI is InChI=1S/C16H17FN2O3S/c1-11-6-7-12(17)8-15(11)19-16(20)10-18-13-4-3-5-14(9-13)23(2,21)22/h3-9,18H,10H2,1-2H3,(H,19,20). The number of rotatable bonds is 5. The van der Waals surface area contributed by atoms with Crippen LogP contribution < -0.4 is 10.6 Å². The van der Waals surface area contributed by atoms with Crippen LogP contribution in [0.4, 0.5) is 15.8 Å². The predicted molar refractivity (Wildman–Crippen MR) is 87.8 cm³/mol. The van der Waals surface area contributed by atoms with Crippen LogP contribution in [-0.2, 0) is 14.6 Å². The first kappa shape index (κ1) is 17.0. The molecule has 0 atom stereocenters. The minimum atomic E-state index is -3.31. The lowest BCUT2D eigenvalue weighted by atomic mass is 10.2. The zero-order valence-electron chi connectivity index (χ0n) is 12.8. The van der Waals surface area contributed by atoms with Crippen molar-refractivity contribution in [3.05, 3.63) is 53.8 Å². The van der Waals surface area contributed by atoms with Gasteiger partial charge in [0.1, 0.15) is 5.82 Å². The Morgan fingerprint density at radius 2 is 1.91 bits per heavy atom. The molecule has 0 radical (unpaired) electrons. The second kappa shape index (κ2) is 6.78. The summed E-state index contributed by atoms with van der Waals surface area (Å²) in [4.78, 5) is 12.1. The minimum Gasteiger partial charge on any atom is -0.376 e. The van der Waals surface area contributed by atoms with E-state index in [1.807, 2.05) is 0 Å². The molecule has 0 aliphatic rings. The van der Waals surface area contributed by atoms with Gasteiger partial charge in [0.2, 0.25) is 5.91 Å². The molecule has 2 N–H and O–H groups in total. The third-order valence-corrected chi connectivity index (χ3v) is 4.30. The van der Waals surface area contributed by atoms with Crippen molar-refractivity contribution in [2.75, 3.05) is 23.4 Å². The summed E-state index contributed by atoms with van der Waals surface area (Å²) in [6.45, 7) is 1.70. The number of halogens is 1. The van der Waals surface area contributed by atoms with E-state index < -0.39 is 15.7 Å². The van der Waals surface area contributed by atoms with E-state index >= 15 is 0 Å². The van der Waals surface area contributed by atoms with Crippen LogP contribution in [0.2, 0.25) is 0 Å². The number of carbonyl (C=O) groups is 1. The number of anilines is 2. The molecule has 0 aromatic heterocycles. The van der Waals surface area contributed by atoms with E-state index in [0.717, 1.165) is 11.8 Å². The topological polar surface area (TPSA) is 75.3 Å². The normalized spacial score (nSPS) is 11.1. The Bertz CT molecular complexity index is 835. The molecule has 0 fully saturated rings. The Balaban J connectivity index is 2.01. The highest BCUT2D eigenvalue weighted by Crippen LogP contribution is 2.17. The van der Waals surface area contributed by atoms with Crippen molar-refractivity contribution in [2.45, 2.75) is 11.8 Å². The fraction of sp³-hybridized carbons (Fsp3) is 0.188. The van der Waals surface area contributed by atoms with Crippen LogP contribution in [0.5, 0.6) is 0 Å². The summed E-state index contributed by atoms with van der Waals surface area (Å²) >= 11 is 0. The lowest BCUT2D eigenvalue weighted by Gasteiger charge is -2.10. The van der Waals surface area contributed by atoms with Crippen molar-refractivity contribution in [3.8, 4) is 0 Å². The van der Waals surface area contributed by atoms with Gasteiger partial charge < -0.3 is 10.6 Å². The number of hydrogen-bond donors (Lipinski definition) is 2. The molecule has 0 saturated carbocycles. The molecule has 122 valence electrons. The van der Waals surface area contributed by atoms with E-state index in [-0.39, 0.29) is 17.3 Å².